The van der Waals surface area contributed by atoms with Crippen LogP contribution in [0, 0.1) is 6.92 Å². The monoisotopic (exact) mass is 379 g/mol. The van der Waals surface area contributed by atoms with Crippen LogP contribution in [0.3, 0.4) is 0 Å². The summed E-state index contributed by atoms with van der Waals surface area (Å²) in [5, 5.41) is 0. The van der Waals surface area contributed by atoms with Gasteiger partial charge in [0, 0.05) is 0 Å². The van der Waals surface area contributed by atoms with Gasteiger partial charge >= 0.3 is 0 Å². The maximum atomic E-state index is 10.5. The molecule has 0 saturated carbocycles. The molecule has 10 heteroatoms. The number of nitrogens with zero attached hydrogens (tertiary/aromatic N) is 2. The lowest BCUT2D eigenvalue weighted by Crippen LogP contribution is -2.26. The van der Waals surface area contributed by atoms with E-state index in [0.29, 0.717) is 11.4 Å². The van der Waals surface area contributed by atoms with Crippen molar-refractivity contribution in [3.8, 4) is 5.75 Å². The third-order valence-corrected chi connectivity index (χ3v) is 3.75. The largest absolute Gasteiger partial charge is 0.494 e. The zero-order valence-electron chi connectivity index (χ0n) is 14.3. The summed E-state index contributed by atoms with van der Waals surface area (Å²) in [7, 11) is -2.47. The number of nitrogens with two attached hydrogens (primary N) is 3. The van der Waals surface area contributed by atoms with Crippen LogP contribution in [0.1, 0.15) is 5.56 Å². The maximum Gasteiger partial charge on any atom is 0.294 e. The Hall–Kier alpha value is -3.11. The van der Waals surface area contributed by atoms with E-state index in [9.17, 15) is 8.42 Å². The van der Waals surface area contributed by atoms with E-state index in [1.54, 1.807) is 31.4 Å². The lowest BCUT2D eigenvalue weighted by Gasteiger charge is -2.03. The van der Waals surface area contributed by atoms with Crippen molar-refractivity contribution in [1.82, 2.24) is 0 Å². The molecule has 0 bridgehead atoms. The fraction of sp³-hybridized carbons (Fsp3) is 0.125. The van der Waals surface area contributed by atoms with Crippen molar-refractivity contribution in [1.29, 1.82) is 0 Å². The Balaban J connectivity index is 0.000000273. The van der Waals surface area contributed by atoms with Gasteiger partial charge in [0.15, 0.2) is 5.96 Å². The number of hydrogen-bond donors (Lipinski definition) is 4. The second kappa shape index (κ2) is 9.39. The van der Waals surface area contributed by atoms with E-state index in [4.69, 9.17) is 26.5 Å². The van der Waals surface area contributed by atoms with Gasteiger partial charge in [-0.3, -0.25) is 4.55 Å². The smallest absolute Gasteiger partial charge is 0.294 e. The van der Waals surface area contributed by atoms with E-state index in [0.717, 1.165) is 5.56 Å². The highest BCUT2D eigenvalue weighted by Gasteiger charge is 2.06. The molecule has 0 atom stereocenters. The molecular formula is C16H21N5O4S. The Labute approximate surface area is 152 Å². The van der Waals surface area contributed by atoms with Crippen molar-refractivity contribution in [2.24, 2.45) is 27.2 Å². The molecule has 0 saturated heterocycles. The molecule has 0 fully saturated rings. The van der Waals surface area contributed by atoms with Gasteiger partial charge in [0.05, 0.1) is 12.0 Å². The number of methoxy groups -OCH3 is 1. The minimum atomic E-state index is -4.02. The second-order valence-corrected chi connectivity index (χ2v) is 6.39. The highest BCUT2D eigenvalue weighted by Crippen LogP contribution is 2.26. The standard InChI is InChI=1S/C9H13N5O.C7H8O3S/c1-15-7-5-3-2-4-6(7)13-9(12)14-8(10)11;1-6-2-4-7(5-3-6)11(8,9)10/h2-5H,1H3,(H6,10,11,12,13,14);2-5H,1H3,(H,8,9,10). The Bertz CT molecular complexity index is 889. The Morgan fingerprint density at radius 1 is 1.04 bits per heavy atom. The van der Waals surface area contributed by atoms with Crippen LogP contribution in [-0.2, 0) is 10.1 Å². The van der Waals surface area contributed by atoms with Crippen molar-refractivity contribution < 1.29 is 17.7 Å². The minimum absolute atomic E-state index is 0.0144. The Morgan fingerprint density at radius 3 is 2.12 bits per heavy atom. The number of ether oxygens (including phenoxy) is 1. The summed E-state index contributed by atoms with van der Waals surface area (Å²) in [6, 6.07) is 13.1. The van der Waals surface area contributed by atoms with E-state index >= 15 is 0 Å². The molecule has 0 spiro atoms. The van der Waals surface area contributed by atoms with Gasteiger partial charge in [-0.05, 0) is 31.2 Å². The van der Waals surface area contributed by atoms with Crippen LogP contribution < -0.4 is 21.9 Å². The van der Waals surface area contributed by atoms with E-state index in [-0.39, 0.29) is 16.8 Å². The van der Waals surface area contributed by atoms with Crippen molar-refractivity contribution in [3.05, 3.63) is 54.1 Å². The van der Waals surface area contributed by atoms with Gasteiger partial charge in [0.2, 0.25) is 5.96 Å². The van der Waals surface area contributed by atoms with Crippen molar-refractivity contribution in [2.75, 3.05) is 7.11 Å². The fourth-order valence-corrected chi connectivity index (χ4v) is 2.19. The molecule has 0 aliphatic rings. The van der Waals surface area contributed by atoms with Crippen LogP contribution in [-0.4, -0.2) is 32.0 Å². The van der Waals surface area contributed by atoms with E-state index in [1.165, 1.54) is 12.1 Å². The Morgan fingerprint density at radius 2 is 1.62 bits per heavy atom. The third kappa shape index (κ3) is 7.20. The first kappa shape index (κ1) is 20.9. The number of guanidine groups is 2. The number of aryl methyl sites for hydroxylation is 1. The minimum Gasteiger partial charge on any atom is -0.494 e. The van der Waals surface area contributed by atoms with Gasteiger partial charge in [-0.1, -0.05) is 29.8 Å². The molecule has 2 aromatic rings. The zero-order chi connectivity index (χ0) is 19.7. The number of rotatable bonds is 3. The number of aliphatic imine (C=N–C) groups is 2. The first-order chi connectivity index (χ1) is 12.1. The van der Waals surface area contributed by atoms with Gasteiger partial charge in [-0.15, -0.1) is 0 Å². The van der Waals surface area contributed by atoms with E-state index in [1.807, 2.05) is 19.1 Å². The summed E-state index contributed by atoms with van der Waals surface area (Å²) in [5.41, 5.74) is 17.3. The topological polar surface area (TPSA) is 166 Å². The maximum absolute atomic E-state index is 10.5. The average molecular weight is 379 g/mol. The molecule has 9 nitrogen and oxygen atoms in total. The number of benzene rings is 2. The summed E-state index contributed by atoms with van der Waals surface area (Å²) in [4.78, 5) is 7.52. The number of para-hydroxylation sites is 2. The quantitative estimate of drug-likeness (QED) is 0.352. The highest BCUT2D eigenvalue weighted by molar-refractivity contribution is 7.85. The van der Waals surface area contributed by atoms with Gasteiger partial charge in [0.1, 0.15) is 11.4 Å². The molecule has 0 radical (unpaired) electrons. The molecule has 0 aromatic heterocycles. The van der Waals surface area contributed by atoms with E-state index in [2.05, 4.69) is 9.98 Å². The zero-order valence-corrected chi connectivity index (χ0v) is 15.1. The van der Waals surface area contributed by atoms with Gasteiger partial charge in [-0.25, -0.2) is 4.99 Å². The van der Waals surface area contributed by atoms with Gasteiger partial charge in [-0.2, -0.15) is 13.4 Å². The molecule has 140 valence electrons. The Kier molecular flexibility index (Phi) is 7.56. The van der Waals surface area contributed by atoms with Gasteiger partial charge in [0.25, 0.3) is 10.1 Å². The van der Waals surface area contributed by atoms with Crippen LogP contribution in [0.4, 0.5) is 5.69 Å². The first-order valence-electron chi connectivity index (χ1n) is 7.24. The second-order valence-electron chi connectivity index (χ2n) is 4.97. The molecular weight excluding hydrogens is 358 g/mol. The summed E-state index contributed by atoms with van der Waals surface area (Å²) in [6.45, 7) is 1.84. The van der Waals surface area contributed by atoms with Crippen LogP contribution >= 0.6 is 0 Å². The lowest BCUT2D eigenvalue weighted by molar-refractivity contribution is 0.416. The molecule has 0 aliphatic heterocycles. The molecule has 0 aliphatic carbocycles. The molecule has 0 heterocycles. The fourth-order valence-electron chi connectivity index (χ4n) is 1.71. The summed E-state index contributed by atoms with van der Waals surface area (Å²) in [5.74, 6) is 0.455. The van der Waals surface area contributed by atoms with Crippen molar-refractivity contribution in [2.45, 2.75) is 11.8 Å². The lowest BCUT2D eigenvalue weighted by atomic mass is 10.2. The average Bonchev–Trinajstić information content (AvgIpc) is 2.54. The predicted molar refractivity (Wildman–Crippen MR) is 101 cm³/mol. The van der Waals surface area contributed by atoms with Crippen LogP contribution in [0.15, 0.2) is 63.4 Å². The van der Waals surface area contributed by atoms with Crippen molar-refractivity contribution >= 4 is 27.7 Å². The number of hydrogen-bond acceptors (Lipinski definition) is 4. The van der Waals surface area contributed by atoms with Crippen molar-refractivity contribution in [3.63, 3.8) is 0 Å². The first-order valence-corrected chi connectivity index (χ1v) is 8.68. The van der Waals surface area contributed by atoms with Crippen LogP contribution in [0.2, 0.25) is 0 Å². The highest BCUT2D eigenvalue weighted by atomic mass is 32.2. The molecule has 2 rings (SSSR count). The molecule has 0 unspecified atom stereocenters. The molecule has 7 N–H and O–H groups in total. The predicted octanol–water partition coefficient (Wildman–Crippen LogP) is 1.16. The SMILES string of the molecule is COc1ccccc1N=C(N)N=C(N)N.Cc1ccc(S(=O)(=O)O)cc1. The molecule has 2 aromatic carbocycles. The van der Waals surface area contributed by atoms with Crippen LogP contribution in [0.5, 0.6) is 5.75 Å². The summed E-state index contributed by atoms with van der Waals surface area (Å²) >= 11 is 0. The summed E-state index contributed by atoms with van der Waals surface area (Å²) < 4.78 is 34.6. The molecule has 26 heavy (non-hydrogen) atoms. The van der Waals surface area contributed by atoms with E-state index < -0.39 is 10.1 Å². The normalized spacial score (nSPS) is 11.1. The van der Waals surface area contributed by atoms with Gasteiger partial charge < -0.3 is 21.9 Å². The summed E-state index contributed by atoms with van der Waals surface area (Å²) in [6.07, 6.45) is 0. The third-order valence-electron chi connectivity index (χ3n) is 2.88. The van der Waals surface area contributed by atoms with Crippen LogP contribution in [0.25, 0.3) is 0 Å². The molecule has 0 amide bonds.